The van der Waals surface area contributed by atoms with E-state index in [4.69, 9.17) is 19.9 Å². The van der Waals surface area contributed by atoms with Crippen molar-refractivity contribution in [2.75, 3.05) is 43.8 Å². The van der Waals surface area contributed by atoms with Gasteiger partial charge in [0.15, 0.2) is 11.5 Å². The highest BCUT2D eigenvalue weighted by atomic mass is 16.5. The molecule has 1 aliphatic rings. The number of hydrogen-bond donors (Lipinski definition) is 2. The van der Waals surface area contributed by atoms with E-state index in [1.807, 2.05) is 12.1 Å². The summed E-state index contributed by atoms with van der Waals surface area (Å²) in [7, 11) is 4.55. The van der Waals surface area contributed by atoms with Crippen molar-refractivity contribution in [2.45, 2.75) is 32.2 Å². The van der Waals surface area contributed by atoms with Crippen LogP contribution in [0, 0.1) is 0 Å². The number of nitrogens with one attached hydrogen (secondary N) is 1. The number of amides is 1. The Kier molecular flexibility index (Phi) is 6.36. The lowest BCUT2D eigenvalue weighted by atomic mass is 10.0. The minimum absolute atomic E-state index is 0.289. The second-order valence-corrected chi connectivity index (χ2v) is 7.18. The largest absolute Gasteiger partial charge is 0.493 e. The fourth-order valence-electron chi connectivity index (χ4n) is 3.77. The van der Waals surface area contributed by atoms with Gasteiger partial charge >= 0.3 is 0 Å². The Hall–Kier alpha value is -3.09. The number of carbonyl (C=O) groups is 1. The quantitative estimate of drug-likeness (QED) is 0.716. The van der Waals surface area contributed by atoms with Crippen LogP contribution < -0.4 is 30.2 Å². The topological polar surface area (TPSA) is 86.1 Å². The summed E-state index contributed by atoms with van der Waals surface area (Å²) in [4.78, 5) is 15.1. The van der Waals surface area contributed by atoms with Gasteiger partial charge in [-0.25, -0.2) is 0 Å². The molecule has 0 aromatic heterocycles. The molecule has 156 valence electrons. The number of hydrogen-bond acceptors (Lipinski definition) is 6. The lowest BCUT2D eigenvalue weighted by Gasteiger charge is -2.36. The summed E-state index contributed by atoms with van der Waals surface area (Å²) in [6, 6.07) is 9.34. The second kappa shape index (κ2) is 8.94. The van der Waals surface area contributed by atoms with Gasteiger partial charge < -0.3 is 30.2 Å². The molecule has 3 N–H and O–H groups in total. The second-order valence-electron chi connectivity index (χ2n) is 7.18. The summed E-state index contributed by atoms with van der Waals surface area (Å²) < 4.78 is 15.9. The van der Waals surface area contributed by atoms with Crippen LogP contribution in [-0.4, -0.2) is 39.8 Å². The maximum atomic E-state index is 12.8. The molecular formula is C22H29N3O4. The number of nitrogen functional groups attached to an aromatic ring is 1. The highest BCUT2D eigenvalue weighted by molar-refractivity contribution is 6.05. The summed E-state index contributed by atoms with van der Waals surface area (Å²) >= 11 is 0. The molecule has 1 fully saturated rings. The van der Waals surface area contributed by atoms with E-state index in [1.165, 1.54) is 40.6 Å². The van der Waals surface area contributed by atoms with Gasteiger partial charge in [-0.05, 0) is 56.5 Å². The van der Waals surface area contributed by atoms with Crippen LogP contribution in [-0.2, 0) is 0 Å². The minimum Gasteiger partial charge on any atom is -0.493 e. The van der Waals surface area contributed by atoms with Gasteiger partial charge in [-0.15, -0.1) is 0 Å². The van der Waals surface area contributed by atoms with E-state index >= 15 is 0 Å². The van der Waals surface area contributed by atoms with Crippen molar-refractivity contribution in [1.29, 1.82) is 0 Å². The van der Waals surface area contributed by atoms with E-state index in [0.29, 0.717) is 40.2 Å². The zero-order valence-corrected chi connectivity index (χ0v) is 17.5. The molecular weight excluding hydrogens is 370 g/mol. The minimum atomic E-state index is -0.289. The van der Waals surface area contributed by atoms with Crippen LogP contribution in [0.5, 0.6) is 17.2 Å². The Labute approximate surface area is 171 Å². The van der Waals surface area contributed by atoms with Crippen molar-refractivity contribution in [3.63, 3.8) is 0 Å². The van der Waals surface area contributed by atoms with Crippen molar-refractivity contribution in [3.8, 4) is 17.2 Å². The zero-order chi connectivity index (χ0) is 21.0. The molecule has 0 saturated carbocycles. The van der Waals surface area contributed by atoms with Crippen LogP contribution in [0.1, 0.15) is 36.5 Å². The first-order valence-corrected chi connectivity index (χ1v) is 9.76. The van der Waals surface area contributed by atoms with Crippen LogP contribution in [0.25, 0.3) is 0 Å². The number of ether oxygens (including phenoxy) is 3. The van der Waals surface area contributed by atoms with Crippen molar-refractivity contribution in [3.05, 3.63) is 35.9 Å². The third-order valence-electron chi connectivity index (χ3n) is 5.32. The summed E-state index contributed by atoms with van der Waals surface area (Å²) in [5.74, 6) is 0.996. The summed E-state index contributed by atoms with van der Waals surface area (Å²) in [6.07, 6.45) is 3.59. The van der Waals surface area contributed by atoms with E-state index in [-0.39, 0.29) is 5.91 Å². The zero-order valence-electron chi connectivity index (χ0n) is 17.5. The number of methoxy groups -OCH3 is 3. The molecule has 1 aliphatic heterocycles. The molecule has 1 heterocycles. The van der Waals surface area contributed by atoms with E-state index in [9.17, 15) is 4.79 Å². The van der Waals surface area contributed by atoms with Crippen LogP contribution >= 0.6 is 0 Å². The predicted molar refractivity (Wildman–Crippen MR) is 116 cm³/mol. The van der Waals surface area contributed by atoms with Crippen molar-refractivity contribution in [2.24, 2.45) is 0 Å². The Morgan fingerprint density at radius 2 is 1.76 bits per heavy atom. The molecule has 2 aromatic carbocycles. The molecule has 7 heteroatoms. The van der Waals surface area contributed by atoms with Crippen molar-refractivity contribution < 1.29 is 19.0 Å². The molecule has 1 saturated heterocycles. The molecule has 1 amide bonds. The van der Waals surface area contributed by atoms with E-state index < -0.39 is 0 Å². The molecule has 7 nitrogen and oxygen atoms in total. The van der Waals surface area contributed by atoms with Gasteiger partial charge in [0.05, 0.1) is 32.7 Å². The summed E-state index contributed by atoms with van der Waals surface area (Å²) in [5.41, 5.74) is 9.01. The highest BCUT2D eigenvalue weighted by Crippen LogP contribution is 2.38. The van der Waals surface area contributed by atoms with Crippen LogP contribution in [0.4, 0.5) is 17.1 Å². The average Bonchev–Trinajstić information content (AvgIpc) is 2.73. The Morgan fingerprint density at radius 1 is 1.07 bits per heavy atom. The SMILES string of the molecule is COc1cc(C(=O)Nc2ccc(N3CCCCC3C)c(N)c2)cc(OC)c1OC. The highest BCUT2D eigenvalue weighted by Gasteiger charge is 2.21. The first-order valence-electron chi connectivity index (χ1n) is 9.76. The maximum Gasteiger partial charge on any atom is 0.255 e. The third-order valence-corrected chi connectivity index (χ3v) is 5.32. The molecule has 29 heavy (non-hydrogen) atoms. The van der Waals surface area contributed by atoms with Crippen molar-refractivity contribution >= 4 is 23.0 Å². The Balaban J connectivity index is 1.81. The molecule has 0 spiro atoms. The lowest BCUT2D eigenvalue weighted by molar-refractivity contribution is 0.102. The van der Waals surface area contributed by atoms with E-state index in [1.54, 1.807) is 18.2 Å². The maximum absolute atomic E-state index is 12.8. The number of carbonyl (C=O) groups excluding carboxylic acids is 1. The Morgan fingerprint density at radius 3 is 2.31 bits per heavy atom. The van der Waals surface area contributed by atoms with E-state index in [0.717, 1.165) is 12.2 Å². The lowest BCUT2D eigenvalue weighted by Crippen LogP contribution is -2.37. The first kappa shape index (κ1) is 20.6. The third kappa shape index (κ3) is 4.34. The van der Waals surface area contributed by atoms with Gasteiger partial charge in [0.2, 0.25) is 5.75 Å². The predicted octanol–water partition coefficient (Wildman–Crippen LogP) is 3.93. The molecule has 1 atom stereocenters. The van der Waals surface area contributed by atoms with E-state index in [2.05, 4.69) is 17.1 Å². The summed E-state index contributed by atoms with van der Waals surface area (Å²) in [5, 5.41) is 2.89. The van der Waals surface area contributed by atoms with Crippen LogP contribution in [0.15, 0.2) is 30.3 Å². The van der Waals surface area contributed by atoms with Gasteiger partial charge in [0.25, 0.3) is 5.91 Å². The van der Waals surface area contributed by atoms with Crippen LogP contribution in [0.2, 0.25) is 0 Å². The first-order chi connectivity index (χ1) is 14.0. The molecule has 3 rings (SSSR count). The van der Waals surface area contributed by atoms with Crippen LogP contribution in [0.3, 0.4) is 0 Å². The number of rotatable bonds is 6. The van der Waals surface area contributed by atoms with Gasteiger partial charge in [-0.3, -0.25) is 4.79 Å². The number of nitrogens with zero attached hydrogens (tertiary/aromatic N) is 1. The van der Waals surface area contributed by atoms with Gasteiger partial charge in [-0.2, -0.15) is 0 Å². The molecule has 2 aromatic rings. The standard InChI is InChI=1S/C22H29N3O4/c1-14-7-5-6-10-25(14)18-9-8-16(13-17(18)23)24-22(26)15-11-19(27-2)21(29-4)20(12-15)28-3/h8-9,11-14H,5-7,10,23H2,1-4H3,(H,24,26). The smallest absolute Gasteiger partial charge is 0.255 e. The van der Waals surface area contributed by atoms with Gasteiger partial charge in [0.1, 0.15) is 0 Å². The summed E-state index contributed by atoms with van der Waals surface area (Å²) in [6.45, 7) is 3.22. The molecule has 1 unspecified atom stereocenters. The normalized spacial score (nSPS) is 16.3. The molecule has 0 aliphatic carbocycles. The molecule has 0 bridgehead atoms. The van der Waals surface area contributed by atoms with Crippen molar-refractivity contribution in [1.82, 2.24) is 0 Å². The molecule has 0 radical (unpaired) electrons. The number of anilines is 3. The van der Waals surface area contributed by atoms with Gasteiger partial charge in [-0.1, -0.05) is 0 Å². The fourth-order valence-corrected chi connectivity index (χ4v) is 3.77. The Bertz CT molecular complexity index is 859. The van der Waals surface area contributed by atoms with Gasteiger partial charge in [0, 0.05) is 23.8 Å². The number of benzene rings is 2. The fraction of sp³-hybridized carbons (Fsp3) is 0.409. The average molecular weight is 399 g/mol. The monoisotopic (exact) mass is 399 g/mol. The number of nitrogens with two attached hydrogens (primary N) is 1. The number of piperidine rings is 1.